The van der Waals surface area contributed by atoms with Crippen molar-refractivity contribution in [1.82, 2.24) is 0 Å². The predicted octanol–water partition coefficient (Wildman–Crippen LogP) is 5.16. The van der Waals surface area contributed by atoms with Crippen molar-refractivity contribution >= 4 is 51.8 Å². The predicted molar refractivity (Wildman–Crippen MR) is 109 cm³/mol. The Morgan fingerprint density at radius 2 is 1.78 bits per heavy atom. The Hall–Kier alpha value is -2.50. The van der Waals surface area contributed by atoms with Crippen LogP contribution in [0.25, 0.3) is 11.0 Å². The third-order valence-corrected chi connectivity index (χ3v) is 5.16. The molecule has 1 saturated heterocycles. The Labute approximate surface area is 165 Å². The summed E-state index contributed by atoms with van der Waals surface area (Å²) in [7, 11) is 0. The van der Waals surface area contributed by atoms with Gasteiger partial charge in [-0.15, -0.1) is 0 Å². The molecule has 0 bridgehead atoms. The molecule has 1 aromatic heterocycles. The average molecular weight is 403 g/mol. The number of nitrogens with zero attached hydrogens (tertiary/aromatic N) is 2. The van der Waals surface area contributed by atoms with Gasteiger partial charge in [-0.25, -0.2) is 4.79 Å². The van der Waals surface area contributed by atoms with Crippen LogP contribution in [0.4, 0.5) is 11.4 Å². The minimum Gasteiger partial charge on any atom is -0.506 e. The van der Waals surface area contributed by atoms with E-state index >= 15 is 0 Å². The highest BCUT2D eigenvalue weighted by Crippen LogP contribution is 2.39. The van der Waals surface area contributed by atoms with Gasteiger partial charge in [-0.1, -0.05) is 35.3 Å². The molecule has 1 N–H and O–H groups in total. The first-order chi connectivity index (χ1) is 13.0. The fourth-order valence-electron chi connectivity index (χ4n) is 3.27. The third-order valence-electron chi connectivity index (χ3n) is 4.59. The largest absolute Gasteiger partial charge is 0.506 e. The lowest BCUT2D eigenvalue weighted by Gasteiger charge is -2.20. The van der Waals surface area contributed by atoms with Gasteiger partial charge < -0.3 is 14.4 Å². The summed E-state index contributed by atoms with van der Waals surface area (Å²) < 4.78 is 5.23. The molecule has 0 spiro atoms. The molecule has 0 saturated carbocycles. The van der Waals surface area contributed by atoms with Crippen molar-refractivity contribution in [2.45, 2.75) is 12.8 Å². The first kappa shape index (κ1) is 17.9. The second-order valence-corrected chi connectivity index (χ2v) is 7.17. The number of rotatable bonds is 3. The molecule has 2 aromatic carbocycles. The van der Waals surface area contributed by atoms with Crippen molar-refractivity contribution in [3.05, 3.63) is 62.4 Å². The Bertz CT molecular complexity index is 1080. The number of hydrogen-bond donors (Lipinski definition) is 1. The van der Waals surface area contributed by atoms with E-state index in [0.717, 1.165) is 31.6 Å². The average Bonchev–Trinajstić information content (AvgIpc) is 3.15. The minimum absolute atomic E-state index is 0.0236. The summed E-state index contributed by atoms with van der Waals surface area (Å²) >= 11 is 12.8. The summed E-state index contributed by atoms with van der Waals surface area (Å²) in [5, 5.41) is 11.9. The standard InChI is InChI=1S/C20H16Cl2N2O3/c21-15-9-12(10-16(22)18(15)24-7-3-4-8-24)23-11-14-19(25)13-5-1-2-6-17(13)27-20(14)26/h1-2,5-6,9-11,25H,3-4,7-8H2. The molecule has 5 nitrogen and oxygen atoms in total. The number of anilines is 1. The van der Waals surface area contributed by atoms with Gasteiger partial charge in [0.2, 0.25) is 0 Å². The van der Waals surface area contributed by atoms with Crippen molar-refractivity contribution in [2.75, 3.05) is 18.0 Å². The molecule has 7 heteroatoms. The zero-order chi connectivity index (χ0) is 19.0. The van der Waals surface area contributed by atoms with Crippen LogP contribution in [-0.4, -0.2) is 24.4 Å². The monoisotopic (exact) mass is 402 g/mol. The van der Waals surface area contributed by atoms with Gasteiger partial charge in [0.15, 0.2) is 0 Å². The number of aromatic hydroxyl groups is 1. The van der Waals surface area contributed by atoms with Crippen LogP contribution in [0.15, 0.2) is 50.6 Å². The van der Waals surface area contributed by atoms with Gasteiger partial charge in [-0.3, -0.25) is 4.99 Å². The summed E-state index contributed by atoms with van der Waals surface area (Å²) in [6, 6.07) is 10.1. The van der Waals surface area contributed by atoms with E-state index in [4.69, 9.17) is 27.6 Å². The molecule has 27 heavy (non-hydrogen) atoms. The number of aliphatic imine (C=N–C) groups is 1. The highest BCUT2D eigenvalue weighted by Gasteiger charge is 2.19. The minimum atomic E-state index is -0.666. The molecule has 0 atom stereocenters. The molecule has 138 valence electrons. The van der Waals surface area contributed by atoms with E-state index in [1.54, 1.807) is 36.4 Å². The van der Waals surface area contributed by atoms with Crippen molar-refractivity contribution in [3.63, 3.8) is 0 Å². The Morgan fingerprint density at radius 3 is 2.48 bits per heavy atom. The van der Waals surface area contributed by atoms with Crippen LogP contribution in [0.2, 0.25) is 10.0 Å². The van der Waals surface area contributed by atoms with Gasteiger partial charge in [0.05, 0.1) is 26.8 Å². The van der Waals surface area contributed by atoms with Crippen molar-refractivity contribution in [2.24, 2.45) is 4.99 Å². The van der Waals surface area contributed by atoms with E-state index < -0.39 is 5.63 Å². The number of hydrogen-bond acceptors (Lipinski definition) is 5. The lowest BCUT2D eigenvalue weighted by Crippen LogP contribution is -2.18. The van der Waals surface area contributed by atoms with Crippen LogP contribution in [0.3, 0.4) is 0 Å². The molecule has 1 aliphatic heterocycles. The number of benzene rings is 2. The van der Waals surface area contributed by atoms with Crippen molar-refractivity contribution in [1.29, 1.82) is 0 Å². The topological polar surface area (TPSA) is 66.0 Å². The third kappa shape index (κ3) is 3.40. The maximum absolute atomic E-state index is 12.2. The summed E-state index contributed by atoms with van der Waals surface area (Å²) in [5.41, 5.74) is 0.923. The van der Waals surface area contributed by atoms with Gasteiger partial charge in [0.25, 0.3) is 0 Å². The molecule has 0 radical (unpaired) electrons. The van der Waals surface area contributed by atoms with Gasteiger partial charge in [-0.05, 0) is 37.1 Å². The molecular weight excluding hydrogens is 387 g/mol. The lowest BCUT2D eigenvalue weighted by molar-refractivity contribution is 0.466. The molecule has 4 rings (SSSR count). The second kappa shape index (κ2) is 7.25. The summed E-state index contributed by atoms with van der Waals surface area (Å²) in [5.74, 6) is -0.170. The zero-order valence-electron chi connectivity index (χ0n) is 14.3. The molecule has 3 aromatic rings. The van der Waals surface area contributed by atoms with Crippen molar-refractivity contribution in [3.8, 4) is 5.75 Å². The van der Waals surface area contributed by atoms with E-state index in [2.05, 4.69) is 9.89 Å². The highest BCUT2D eigenvalue weighted by atomic mass is 35.5. The summed E-state index contributed by atoms with van der Waals surface area (Å²) in [6.07, 6.45) is 3.50. The van der Waals surface area contributed by atoms with Crippen LogP contribution >= 0.6 is 23.2 Å². The first-order valence-electron chi connectivity index (χ1n) is 8.57. The van der Waals surface area contributed by atoms with Crippen LogP contribution in [0, 0.1) is 0 Å². The van der Waals surface area contributed by atoms with Crippen LogP contribution in [0.1, 0.15) is 18.4 Å². The van der Waals surface area contributed by atoms with E-state index in [1.165, 1.54) is 6.21 Å². The van der Waals surface area contributed by atoms with Gasteiger partial charge in [0, 0.05) is 19.3 Å². The number of para-hydroxylation sites is 1. The Morgan fingerprint density at radius 1 is 1.11 bits per heavy atom. The van der Waals surface area contributed by atoms with E-state index in [-0.39, 0.29) is 11.3 Å². The molecule has 0 unspecified atom stereocenters. The SMILES string of the molecule is O=c1oc2ccccc2c(O)c1C=Nc1cc(Cl)c(N2CCCC2)c(Cl)c1. The van der Waals surface area contributed by atoms with Crippen LogP contribution in [0.5, 0.6) is 5.75 Å². The number of fused-ring (bicyclic) bond motifs is 1. The Kier molecular flexibility index (Phi) is 4.81. The molecule has 1 fully saturated rings. The fraction of sp³-hybridized carbons (Fsp3) is 0.200. The second-order valence-electron chi connectivity index (χ2n) is 6.36. The van der Waals surface area contributed by atoms with Crippen LogP contribution in [-0.2, 0) is 0 Å². The molecule has 1 aliphatic rings. The summed E-state index contributed by atoms with van der Waals surface area (Å²) in [6.45, 7) is 1.85. The quantitative estimate of drug-likeness (QED) is 0.485. The normalized spacial score (nSPS) is 14.5. The number of halogens is 2. The van der Waals surface area contributed by atoms with E-state index in [9.17, 15) is 9.90 Å². The first-order valence-corrected chi connectivity index (χ1v) is 9.33. The molecule has 0 aliphatic carbocycles. The zero-order valence-corrected chi connectivity index (χ0v) is 15.8. The smallest absolute Gasteiger partial charge is 0.348 e. The highest BCUT2D eigenvalue weighted by molar-refractivity contribution is 6.39. The van der Waals surface area contributed by atoms with Crippen LogP contribution < -0.4 is 10.5 Å². The molecular formula is C20H16Cl2N2O3. The maximum Gasteiger partial charge on any atom is 0.348 e. The lowest BCUT2D eigenvalue weighted by atomic mass is 10.1. The molecule has 0 amide bonds. The van der Waals surface area contributed by atoms with Crippen molar-refractivity contribution < 1.29 is 9.52 Å². The van der Waals surface area contributed by atoms with Gasteiger partial charge >= 0.3 is 5.63 Å². The summed E-state index contributed by atoms with van der Waals surface area (Å²) in [4.78, 5) is 18.6. The van der Waals surface area contributed by atoms with E-state index in [0.29, 0.717) is 26.7 Å². The maximum atomic E-state index is 12.2. The fourth-order valence-corrected chi connectivity index (χ4v) is 3.98. The molecule has 2 heterocycles. The Balaban J connectivity index is 1.71. The van der Waals surface area contributed by atoms with Gasteiger partial charge in [0.1, 0.15) is 16.9 Å². The van der Waals surface area contributed by atoms with Gasteiger partial charge in [-0.2, -0.15) is 0 Å². The van der Waals surface area contributed by atoms with E-state index in [1.807, 2.05) is 0 Å².